The van der Waals surface area contributed by atoms with Gasteiger partial charge in [-0.3, -0.25) is 9.59 Å². The van der Waals surface area contributed by atoms with Crippen LogP contribution in [0.2, 0.25) is 0 Å². The van der Waals surface area contributed by atoms with Crippen LogP contribution in [0.3, 0.4) is 0 Å². The minimum absolute atomic E-state index is 0.00300. The number of aromatic nitrogens is 1. The van der Waals surface area contributed by atoms with Crippen LogP contribution >= 0.6 is 11.6 Å². The van der Waals surface area contributed by atoms with Crippen LogP contribution in [0.25, 0.3) is 10.9 Å². The largest absolute Gasteiger partial charge is 0.326 e. The molecule has 5 heteroatoms. The van der Waals surface area contributed by atoms with Gasteiger partial charge in [0.25, 0.3) is 5.56 Å². The normalized spacial score (nSPS) is 14.6. The monoisotopic (exact) mass is 332 g/mol. The molecule has 0 atom stereocenters. The highest BCUT2D eigenvalue weighted by Crippen LogP contribution is 2.28. The van der Waals surface area contributed by atoms with E-state index in [1.807, 2.05) is 18.2 Å². The van der Waals surface area contributed by atoms with Gasteiger partial charge in [-0.25, -0.2) is 0 Å². The maximum absolute atomic E-state index is 12.3. The van der Waals surface area contributed by atoms with Gasteiger partial charge in [-0.05, 0) is 57.2 Å². The van der Waals surface area contributed by atoms with Gasteiger partial charge in [0.2, 0.25) is 5.91 Å². The van der Waals surface area contributed by atoms with Crippen molar-refractivity contribution in [1.82, 2.24) is 4.98 Å². The van der Waals surface area contributed by atoms with Crippen molar-refractivity contribution in [2.45, 2.75) is 39.5 Å². The Labute approximate surface area is 140 Å². The van der Waals surface area contributed by atoms with Gasteiger partial charge < -0.3 is 10.3 Å². The number of H-pyrrole nitrogens is 1. The summed E-state index contributed by atoms with van der Waals surface area (Å²) in [5.74, 6) is 0.115. The molecule has 0 bridgehead atoms. The number of halogens is 1. The van der Waals surface area contributed by atoms with Crippen molar-refractivity contribution < 1.29 is 4.79 Å². The van der Waals surface area contributed by atoms with E-state index in [4.69, 9.17) is 11.6 Å². The molecule has 1 heterocycles. The molecular formula is C18H21ClN2O2. The molecule has 1 aromatic carbocycles. The highest BCUT2D eigenvalue weighted by Gasteiger charge is 2.26. The summed E-state index contributed by atoms with van der Waals surface area (Å²) in [5, 5.41) is 3.96. The van der Waals surface area contributed by atoms with E-state index in [0.29, 0.717) is 5.69 Å². The molecule has 0 saturated heterocycles. The Bertz CT molecular complexity index is 824. The number of carbonyl (C=O) groups excluding carboxylic acids is 1. The van der Waals surface area contributed by atoms with Gasteiger partial charge in [0.15, 0.2) is 0 Å². The Hall–Kier alpha value is -1.81. The lowest BCUT2D eigenvalue weighted by molar-refractivity contribution is -0.122. The molecule has 0 unspecified atom stereocenters. The SMILES string of the molecule is CC(C)(CCl)C(=O)Nc1ccc2c3c(c(=O)[nH]c2c1)CCCC3. The van der Waals surface area contributed by atoms with Crippen molar-refractivity contribution in [1.29, 1.82) is 0 Å². The number of aromatic amines is 1. The summed E-state index contributed by atoms with van der Waals surface area (Å²) in [5.41, 5.74) is 2.89. The fourth-order valence-electron chi connectivity index (χ4n) is 3.00. The molecule has 122 valence electrons. The number of nitrogens with one attached hydrogen (secondary N) is 2. The van der Waals surface area contributed by atoms with Gasteiger partial charge in [-0.2, -0.15) is 0 Å². The highest BCUT2D eigenvalue weighted by molar-refractivity contribution is 6.20. The Morgan fingerprint density at radius 2 is 1.96 bits per heavy atom. The summed E-state index contributed by atoms with van der Waals surface area (Å²) in [6.45, 7) is 3.60. The van der Waals surface area contributed by atoms with Crippen LogP contribution in [0.4, 0.5) is 5.69 Å². The maximum atomic E-state index is 12.3. The molecular weight excluding hydrogens is 312 g/mol. The lowest BCUT2D eigenvalue weighted by Crippen LogP contribution is -2.32. The minimum Gasteiger partial charge on any atom is -0.326 e. The van der Waals surface area contributed by atoms with Gasteiger partial charge in [-0.1, -0.05) is 6.07 Å². The molecule has 0 radical (unpaired) electrons. The molecule has 2 aromatic rings. The second kappa shape index (κ2) is 6.00. The summed E-state index contributed by atoms with van der Waals surface area (Å²) < 4.78 is 0. The van der Waals surface area contributed by atoms with Crippen LogP contribution in [0.15, 0.2) is 23.0 Å². The molecule has 1 aromatic heterocycles. The third-order valence-corrected chi connectivity index (χ3v) is 5.21. The van der Waals surface area contributed by atoms with Crippen LogP contribution in [0.1, 0.15) is 37.8 Å². The predicted molar refractivity (Wildman–Crippen MR) is 94.3 cm³/mol. The van der Waals surface area contributed by atoms with E-state index in [9.17, 15) is 9.59 Å². The zero-order chi connectivity index (χ0) is 16.6. The first-order valence-electron chi connectivity index (χ1n) is 7.97. The zero-order valence-electron chi connectivity index (χ0n) is 13.5. The van der Waals surface area contributed by atoms with Gasteiger partial charge >= 0.3 is 0 Å². The molecule has 0 spiro atoms. The van der Waals surface area contributed by atoms with Crippen molar-refractivity contribution in [2.75, 3.05) is 11.2 Å². The van der Waals surface area contributed by atoms with E-state index >= 15 is 0 Å². The van der Waals surface area contributed by atoms with E-state index in [-0.39, 0.29) is 17.3 Å². The molecule has 0 fully saturated rings. The van der Waals surface area contributed by atoms with E-state index in [2.05, 4.69) is 10.3 Å². The molecule has 0 saturated carbocycles. The molecule has 3 rings (SSSR count). The van der Waals surface area contributed by atoms with Crippen LogP contribution in [0.5, 0.6) is 0 Å². The lowest BCUT2D eigenvalue weighted by Gasteiger charge is -2.21. The van der Waals surface area contributed by atoms with Gasteiger partial charge in [0.05, 0.1) is 10.9 Å². The average Bonchev–Trinajstić information content (AvgIpc) is 2.55. The minimum atomic E-state index is -0.639. The lowest BCUT2D eigenvalue weighted by atomic mass is 9.90. The fourth-order valence-corrected chi connectivity index (χ4v) is 3.12. The summed E-state index contributed by atoms with van der Waals surface area (Å²) in [4.78, 5) is 27.4. The summed E-state index contributed by atoms with van der Waals surface area (Å²) in [6, 6.07) is 5.70. The number of anilines is 1. The van der Waals surface area contributed by atoms with Crippen molar-refractivity contribution in [3.63, 3.8) is 0 Å². The number of carbonyl (C=O) groups is 1. The Balaban J connectivity index is 2.00. The van der Waals surface area contributed by atoms with Crippen molar-refractivity contribution in [3.8, 4) is 0 Å². The third-order valence-electron chi connectivity index (χ3n) is 4.54. The molecule has 1 aliphatic rings. The topological polar surface area (TPSA) is 62.0 Å². The number of fused-ring (bicyclic) bond motifs is 3. The van der Waals surface area contributed by atoms with Gasteiger partial charge in [-0.15, -0.1) is 11.6 Å². The Morgan fingerprint density at radius 3 is 2.65 bits per heavy atom. The number of amides is 1. The zero-order valence-corrected chi connectivity index (χ0v) is 14.2. The standard InChI is InChI=1S/C18H21ClN2O2/c1-18(2,10-19)17(23)20-11-7-8-13-12-5-3-4-6-14(12)16(22)21-15(13)9-11/h7-9H,3-6,10H2,1-2H3,(H,20,23)(H,21,22). The first-order valence-corrected chi connectivity index (χ1v) is 8.51. The van der Waals surface area contributed by atoms with Gasteiger partial charge in [0, 0.05) is 22.5 Å². The summed E-state index contributed by atoms with van der Waals surface area (Å²) >= 11 is 5.84. The molecule has 1 amide bonds. The summed E-state index contributed by atoms with van der Waals surface area (Å²) in [7, 11) is 0. The number of rotatable bonds is 3. The highest BCUT2D eigenvalue weighted by atomic mass is 35.5. The van der Waals surface area contributed by atoms with E-state index < -0.39 is 5.41 Å². The number of alkyl halides is 1. The van der Waals surface area contributed by atoms with E-state index in [1.54, 1.807) is 13.8 Å². The van der Waals surface area contributed by atoms with Crippen LogP contribution in [-0.2, 0) is 17.6 Å². The van der Waals surface area contributed by atoms with Crippen molar-refractivity contribution in [3.05, 3.63) is 39.7 Å². The smallest absolute Gasteiger partial charge is 0.251 e. The predicted octanol–water partition coefficient (Wildman–Crippen LogP) is 3.61. The number of hydrogen-bond donors (Lipinski definition) is 2. The number of hydrogen-bond acceptors (Lipinski definition) is 2. The molecule has 4 nitrogen and oxygen atoms in total. The summed E-state index contributed by atoms with van der Waals surface area (Å²) in [6.07, 6.45) is 3.99. The maximum Gasteiger partial charge on any atom is 0.251 e. The third kappa shape index (κ3) is 3.00. The number of benzene rings is 1. The molecule has 1 aliphatic carbocycles. The van der Waals surface area contributed by atoms with Crippen LogP contribution in [0, 0.1) is 5.41 Å². The average molecular weight is 333 g/mol. The quantitative estimate of drug-likeness (QED) is 0.843. The molecule has 0 aliphatic heterocycles. The second-order valence-corrected chi connectivity index (χ2v) is 7.12. The Kier molecular flexibility index (Phi) is 4.19. The molecule has 2 N–H and O–H groups in total. The van der Waals surface area contributed by atoms with Crippen molar-refractivity contribution >= 4 is 34.1 Å². The molecule has 23 heavy (non-hydrogen) atoms. The Morgan fingerprint density at radius 1 is 1.26 bits per heavy atom. The van der Waals surface area contributed by atoms with Crippen LogP contribution < -0.4 is 10.9 Å². The first kappa shape index (κ1) is 16.1. The first-order chi connectivity index (χ1) is 10.9. The number of pyridine rings is 1. The second-order valence-electron chi connectivity index (χ2n) is 6.85. The van der Waals surface area contributed by atoms with E-state index in [0.717, 1.165) is 47.7 Å². The van der Waals surface area contributed by atoms with Crippen molar-refractivity contribution in [2.24, 2.45) is 5.41 Å². The van der Waals surface area contributed by atoms with Crippen LogP contribution in [-0.4, -0.2) is 16.8 Å². The number of aryl methyl sites for hydroxylation is 1. The fraction of sp³-hybridized carbons (Fsp3) is 0.444. The van der Waals surface area contributed by atoms with E-state index in [1.165, 1.54) is 0 Å². The van der Waals surface area contributed by atoms with Gasteiger partial charge in [0.1, 0.15) is 0 Å².